The van der Waals surface area contributed by atoms with E-state index in [-0.39, 0.29) is 36.1 Å². The molecular formula is C23H26Cl2N2O3. The number of hydrogen-bond donors (Lipinski definition) is 4. The summed E-state index contributed by atoms with van der Waals surface area (Å²) >= 11 is 0. The lowest BCUT2D eigenvalue weighted by Gasteiger charge is -2.12. The van der Waals surface area contributed by atoms with Crippen molar-refractivity contribution in [1.82, 2.24) is 5.32 Å². The number of rotatable bonds is 8. The van der Waals surface area contributed by atoms with E-state index in [2.05, 4.69) is 5.32 Å². The molecule has 7 heteroatoms. The number of nitrogens with two attached hydrogens (primary N) is 1. The van der Waals surface area contributed by atoms with E-state index in [0.717, 1.165) is 29.7 Å². The van der Waals surface area contributed by atoms with Gasteiger partial charge in [-0.2, -0.15) is 0 Å². The molecule has 30 heavy (non-hydrogen) atoms. The molecule has 0 saturated heterocycles. The minimum Gasteiger partial charge on any atom is -0.478 e. The van der Waals surface area contributed by atoms with Crippen molar-refractivity contribution in [1.29, 1.82) is 0 Å². The van der Waals surface area contributed by atoms with Crippen LogP contribution in [0.4, 0.5) is 5.69 Å². The Kier molecular flexibility index (Phi) is 10.4. The van der Waals surface area contributed by atoms with Crippen molar-refractivity contribution in [2.75, 3.05) is 18.8 Å². The molecule has 160 valence electrons. The molecule has 5 N–H and O–H groups in total. The van der Waals surface area contributed by atoms with Gasteiger partial charge in [-0.25, -0.2) is 4.79 Å². The smallest absolute Gasteiger partial charge is 0.337 e. The lowest BCUT2D eigenvalue weighted by molar-refractivity contribution is 0.0698. The molecule has 3 aromatic carbocycles. The van der Waals surface area contributed by atoms with Crippen LogP contribution in [0.2, 0.25) is 0 Å². The van der Waals surface area contributed by atoms with Crippen LogP contribution in [0.25, 0.3) is 11.1 Å². The summed E-state index contributed by atoms with van der Waals surface area (Å²) in [4.78, 5) is 11.1. The fourth-order valence-corrected chi connectivity index (χ4v) is 3.07. The van der Waals surface area contributed by atoms with E-state index < -0.39 is 12.1 Å². The van der Waals surface area contributed by atoms with Gasteiger partial charge in [0.15, 0.2) is 0 Å². The molecule has 0 aliphatic heterocycles. The van der Waals surface area contributed by atoms with Crippen LogP contribution in [0.5, 0.6) is 0 Å². The number of halogens is 2. The van der Waals surface area contributed by atoms with Crippen LogP contribution in [-0.2, 0) is 6.42 Å². The first-order valence-electron chi connectivity index (χ1n) is 9.20. The highest BCUT2D eigenvalue weighted by atomic mass is 35.5. The Balaban J connectivity index is 0.00000225. The Labute approximate surface area is 188 Å². The zero-order valence-electron chi connectivity index (χ0n) is 16.3. The highest BCUT2D eigenvalue weighted by molar-refractivity contribution is 5.94. The fraction of sp³-hybridized carbons (Fsp3) is 0.174. The first-order chi connectivity index (χ1) is 13.5. The Morgan fingerprint density at radius 1 is 0.933 bits per heavy atom. The molecule has 0 aliphatic rings. The third-order valence-corrected chi connectivity index (χ3v) is 4.68. The minimum absolute atomic E-state index is 0. The number of anilines is 1. The molecule has 3 aromatic rings. The molecule has 0 radical (unpaired) electrons. The van der Waals surface area contributed by atoms with Crippen molar-refractivity contribution in [3.8, 4) is 11.1 Å². The van der Waals surface area contributed by atoms with E-state index >= 15 is 0 Å². The van der Waals surface area contributed by atoms with E-state index in [1.165, 1.54) is 11.6 Å². The summed E-state index contributed by atoms with van der Waals surface area (Å²) in [6, 6.07) is 22.7. The molecule has 0 spiro atoms. The van der Waals surface area contributed by atoms with Crippen molar-refractivity contribution in [2.24, 2.45) is 0 Å². The van der Waals surface area contributed by atoms with Gasteiger partial charge in [0.05, 0.1) is 11.7 Å². The highest BCUT2D eigenvalue weighted by Crippen LogP contribution is 2.24. The van der Waals surface area contributed by atoms with Gasteiger partial charge in [-0.3, -0.25) is 0 Å². The fourth-order valence-electron chi connectivity index (χ4n) is 3.07. The molecule has 5 nitrogen and oxygen atoms in total. The predicted molar refractivity (Wildman–Crippen MR) is 126 cm³/mol. The normalized spacial score (nSPS) is 11.1. The van der Waals surface area contributed by atoms with E-state index in [9.17, 15) is 9.90 Å². The van der Waals surface area contributed by atoms with Gasteiger partial charge in [0, 0.05) is 12.2 Å². The van der Waals surface area contributed by atoms with Gasteiger partial charge in [-0.1, -0.05) is 60.7 Å². The SMILES string of the molecule is Cl.Cl.Nc1cc(-c2ccc(CCNC[C@H](O)c3ccccc3)cc2)ccc1C(=O)O. The Bertz CT molecular complexity index is 935. The lowest BCUT2D eigenvalue weighted by atomic mass is 10.0. The average Bonchev–Trinajstić information content (AvgIpc) is 2.72. The van der Waals surface area contributed by atoms with Gasteiger partial charge in [0.25, 0.3) is 0 Å². The topological polar surface area (TPSA) is 95.6 Å². The maximum atomic E-state index is 11.1. The molecule has 0 saturated carbocycles. The number of aliphatic hydroxyl groups excluding tert-OH is 1. The zero-order valence-corrected chi connectivity index (χ0v) is 18.0. The molecule has 0 fully saturated rings. The number of carbonyl (C=O) groups is 1. The van der Waals surface area contributed by atoms with Gasteiger partial charge in [0.1, 0.15) is 0 Å². The predicted octanol–water partition coefficient (Wildman–Crippen LogP) is 4.34. The van der Waals surface area contributed by atoms with Crippen LogP contribution in [0.15, 0.2) is 72.8 Å². The van der Waals surface area contributed by atoms with Crippen LogP contribution in [0.3, 0.4) is 0 Å². The van der Waals surface area contributed by atoms with E-state index in [1.807, 2.05) is 54.6 Å². The zero-order chi connectivity index (χ0) is 19.9. The van der Waals surface area contributed by atoms with Crippen LogP contribution >= 0.6 is 24.8 Å². The molecule has 0 unspecified atom stereocenters. The van der Waals surface area contributed by atoms with Crippen molar-refractivity contribution in [3.05, 3.63) is 89.5 Å². The standard InChI is InChI=1S/C23H24N2O3.2ClH/c24-21-14-19(10-11-20(21)23(27)28)17-8-6-16(7-9-17)12-13-25-15-22(26)18-4-2-1-3-5-18;;/h1-11,14,22,25-26H,12-13,15,24H2,(H,27,28);2*1H/t22-;;/m0../s1. The third-order valence-electron chi connectivity index (χ3n) is 4.68. The summed E-state index contributed by atoms with van der Waals surface area (Å²) in [5.41, 5.74) is 10.2. The number of aliphatic hydroxyl groups is 1. The summed E-state index contributed by atoms with van der Waals surface area (Å²) < 4.78 is 0. The summed E-state index contributed by atoms with van der Waals surface area (Å²) in [6.07, 6.45) is 0.338. The van der Waals surface area contributed by atoms with Crippen molar-refractivity contribution < 1.29 is 15.0 Å². The molecule has 0 aliphatic carbocycles. The summed E-state index contributed by atoms with van der Waals surface area (Å²) in [5.74, 6) is -1.02. The first-order valence-corrected chi connectivity index (χ1v) is 9.20. The maximum Gasteiger partial charge on any atom is 0.337 e. The van der Waals surface area contributed by atoms with Crippen molar-refractivity contribution in [3.63, 3.8) is 0 Å². The van der Waals surface area contributed by atoms with Crippen LogP contribution in [0.1, 0.15) is 27.6 Å². The number of hydrogen-bond acceptors (Lipinski definition) is 4. The molecule has 0 heterocycles. The van der Waals surface area contributed by atoms with Crippen molar-refractivity contribution >= 4 is 36.5 Å². The van der Waals surface area contributed by atoms with Crippen LogP contribution in [0, 0.1) is 0 Å². The van der Waals surface area contributed by atoms with E-state index in [1.54, 1.807) is 12.1 Å². The Morgan fingerprint density at radius 3 is 2.17 bits per heavy atom. The molecular weight excluding hydrogens is 423 g/mol. The summed E-state index contributed by atoms with van der Waals surface area (Å²) in [7, 11) is 0. The third kappa shape index (κ3) is 6.75. The number of nitrogens with one attached hydrogen (secondary N) is 1. The van der Waals surface area contributed by atoms with E-state index in [0.29, 0.717) is 6.54 Å². The largest absolute Gasteiger partial charge is 0.478 e. The monoisotopic (exact) mass is 448 g/mol. The van der Waals surface area contributed by atoms with Crippen LogP contribution in [-0.4, -0.2) is 29.3 Å². The van der Waals surface area contributed by atoms with Crippen LogP contribution < -0.4 is 11.1 Å². The second kappa shape index (κ2) is 12.2. The molecule has 0 amide bonds. The minimum atomic E-state index is -1.02. The number of nitrogen functional groups attached to an aromatic ring is 1. The molecule has 1 atom stereocenters. The summed E-state index contributed by atoms with van der Waals surface area (Å²) in [6.45, 7) is 1.28. The quantitative estimate of drug-likeness (QED) is 0.303. The van der Waals surface area contributed by atoms with Gasteiger partial charge >= 0.3 is 5.97 Å². The van der Waals surface area contributed by atoms with Gasteiger partial charge in [0.2, 0.25) is 0 Å². The second-order valence-electron chi connectivity index (χ2n) is 6.68. The van der Waals surface area contributed by atoms with Crippen molar-refractivity contribution in [2.45, 2.75) is 12.5 Å². The maximum absolute atomic E-state index is 11.1. The Morgan fingerprint density at radius 2 is 1.57 bits per heavy atom. The summed E-state index contributed by atoms with van der Waals surface area (Å²) in [5, 5.41) is 22.5. The average molecular weight is 449 g/mol. The molecule has 0 bridgehead atoms. The number of carboxylic acids is 1. The second-order valence-corrected chi connectivity index (χ2v) is 6.68. The van der Waals surface area contributed by atoms with E-state index in [4.69, 9.17) is 10.8 Å². The molecule has 0 aromatic heterocycles. The van der Waals surface area contributed by atoms with Gasteiger partial charge in [-0.05, 0) is 47.4 Å². The number of benzene rings is 3. The van der Waals surface area contributed by atoms with Gasteiger partial charge < -0.3 is 21.3 Å². The van der Waals surface area contributed by atoms with Gasteiger partial charge in [-0.15, -0.1) is 24.8 Å². The first kappa shape index (κ1) is 25.5. The Hall–Kier alpha value is -2.57. The number of aromatic carboxylic acids is 1. The number of carboxylic acid groups (broad SMARTS) is 1. The molecule has 3 rings (SSSR count). The lowest BCUT2D eigenvalue weighted by Crippen LogP contribution is -2.23. The highest BCUT2D eigenvalue weighted by Gasteiger charge is 2.09.